The van der Waals surface area contributed by atoms with Crippen molar-refractivity contribution in [3.05, 3.63) is 65.7 Å². The van der Waals surface area contributed by atoms with Crippen molar-refractivity contribution in [1.82, 2.24) is 16.0 Å². The Balaban J connectivity index is 2.07. The number of ether oxygens (including phenoxy) is 2. The first kappa shape index (κ1) is 29.1. The molecule has 200 valence electrons. The molecule has 5 N–H and O–H groups in total. The van der Waals surface area contributed by atoms with Crippen LogP contribution in [0.5, 0.6) is 5.75 Å². The van der Waals surface area contributed by atoms with Crippen molar-refractivity contribution in [3.63, 3.8) is 0 Å². The second-order valence-electron chi connectivity index (χ2n) is 9.18. The summed E-state index contributed by atoms with van der Waals surface area (Å²) in [7, 11) is 0. The molecule has 2 rings (SSSR count). The first-order valence-corrected chi connectivity index (χ1v) is 11.6. The summed E-state index contributed by atoms with van der Waals surface area (Å²) < 4.78 is 10.8. The number of alkyl carbamates (subject to hydrolysis) is 1. The molecule has 0 aliphatic carbocycles. The number of benzene rings is 2. The predicted octanol–water partition coefficient (Wildman–Crippen LogP) is 1.38. The standard InChI is InChI=1S/C26H33N3O8/c1-26(2,3)37-25(35)29-21(15-30)24(34)28-20(23(33)27-14-22(31)32)13-17-9-11-19(12-10-17)36-16-18-7-5-4-6-8-18/h4-12,20-21,30H,13-16H2,1-3H3,(H,27,33)(H,28,34)(H,29,35)(H,31,32). The van der Waals surface area contributed by atoms with Gasteiger partial charge in [0.05, 0.1) is 6.61 Å². The summed E-state index contributed by atoms with van der Waals surface area (Å²) in [6, 6.07) is 13.9. The number of aliphatic hydroxyl groups excluding tert-OH is 1. The van der Waals surface area contributed by atoms with Crippen LogP contribution in [0.25, 0.3) is 0 Å². The van der Waals surface area contributed by atoms with Crippen molar-refractivity contribution in [2.24, 2.45) is 0 Å². The number of carboxylic acid groups (broad SMARTS) is 1. The Kier molecular flexibility index (Phi) is 10.9. The Morgan fingerprint density at radius 3 is 2.08 bits per heavy atom. The lowest BCUT2D eigenvalue weighted by Gasteiger charge is -2.24. The van der Waals surface area contributed by atoms with Crippen LogP contribution in [0, 0.1) is 0 Å². The zero-order valence-electron chi connectivity index (χ0n) is 21.0. The van der Waals surface area contributed by atoms with Gasteiger partial charge in [-0.05, 0) is 44.0 Å². The zero-order chi connectivity index (χ0) is 27.4. The summed E-state index contributed by atoms with van der Waals surface area (Å²) >= 11 is 0. The summed E-state index contributed by atoms with van der Waals surface area (Å²) in [5, 5.41) is 25.4. The van der Waals surface area contributed by atoms with E-state index in [-0.39, 0.29) is 6.42 Å². The molecule has 0 aliphatic rings. The molecule has 0 saturated heterocycles. The second kappa shape index (κ2) is 13.8. The third-order valence-corrected chi connectivity index (χ3v) is 4.85. The van der Waals surface area contributed by atoms with E-state index >= 15 is 0 Å². The Hall–Kier alpha value is -4.12. The monoisotopic (exact) mass is 515 g/mol. The van der Waals surface area contributed by atoms with Gasteiger partial charge in [0.25, 0.3) is 0 Å². The van der Waals surface area contributed by atoms with E-state index in [1.807, 2.05) is 30.3 Å². The number of aliphatic carboxylic acids is 1. The molecule has 0 aromatic heterocycles. The highest BCUT2D eigenvalue weighted by Gasteiger charge is 2.28. The van der Waals surface area contributed by atoms with E-state index in [4.69, 9.17) is 14.6 Å². The molecule has 2 aromatic rings. The van der Waals surface area contributed by atoms with Crippen LogP contribution in [0.4, 0.5) is 4.79 Å². The van der Waals surface area contributed by atoms with Gasteiger partial charge in [0.2, 0.25) is 11.8 Å². The van der Waals surface area contributed by atoms with E-state index in [2.05, 4.69) is 16.0 Å². The molecule has 0 fully saturated rings. The van der Waals surface area contributed by atoms with Crippen molar-refractivity contribution in [2.45, 2.75) is 51.5 Å². The Morgan fingerprint density at radius 1 is 0.865 bits per heavy atom. The molecule has 0 bridgehead atoms. The molecule has 3 amide bonds. The zero-order valence-corrected chi connectivity index (χ0v) is 21.0. The van der Waals surface area contributed by atoms with Gasteiger partial charge in [-0.3, -0.25) is 14.4 Å². The van der Waals surface area contributed by atoms with Gasteiger partial charge in [-0.1, -0.05) is 42.5 Å². The number of carbonyl (C=O) groups is 4. The SMILES string of the molecule is CC(C)(C)OC(=O)NC(CO)C(=O)NC(Cc1ccc(OCc2ccccc2)cc1)C(=O)NCC(=O)O. The maximum Gasteiger partial charge on any atom is 0.408 e. The molecule has 0 heterocycles. The first-order valence-electron chi connectivity index (χ1n) is 11.6. The van der Waals surface area contributed by atoms with Crippen LogP contribution in [-0.4, -0.2) is 64.9 Å². The quantitative estimate of drug-likeness (QED) is 0.283. The van der Waals surface area contributed by atoms with E-state index in [1.54, 1.807) is 45.0 Å². The molecule has 37 heavy (non-hydrogen) atoms. The number of nitrogens with one attached hydrogen (secondary N) is 3. The van der Waals surface area contributed by atoms with Gasteiger partial charge >= 0.3 is 12.1 Å². The molecule has 11 nitrogen and oxygen atoms in total. The van der Waals surface area contributed by atoms with Crippen LogP contribution < -0.4 is 20.7 Å². The highest BCUT2D eigenvalue weighted by Crippen LogP contribution is 2.16. The van der Waals surface area contributed by atoms with Crippen molar-refractivity contribution < 1.29 is 38.9 Å². The van der Waals surface area contributed by atoms with Crippen LogP contribution in [0.15, 0.2) is 54.6 Å². The third-order valence-electron chi connectivity index (χ3n) is 4.85. The normalized spacial score (nSPS) is 12.5. The summed E-state index contributed by atoms with van der Waals surface area (Å²) in [5.74, 6) is -2.23. The second-order valence-corrected chi connectivity index (χ2v) is 9.18. The highest BCUT2D eigenvalue weighted by molar-refractivity contribution is 5.92. The largest absolute Gasteiger partial charge is 0.489 e. The maximum absolute atomic E-state index is 12.7. The van der Waals surface area contributed by atoms with Gasteiger partial charge in [-0.2, -0.15) is 0 Å². The molecule has 0 radical (unpaired) electrons. The van der Waals surface area contributed by atoms with Crippen molar-refractivity contribution in [3.8, 4) is 5.75 Å². The van der Waals surface area contributed by atoms with E-state index in [9.17, 15) is 24.3 Å². The maximum atomic E-state index is 12.7. The predicted molar refractivity (Wildman–Crippen MR) is 134 cm³/mol. The topological polar surface area (TPSA) is 163 Å². The molecule has 2 aromatic carbocycles. The number of carbonyl (C=O) groups excluding carboxylic acids is 3. The molecular formula is C26H33N3O8. The summed E-state index contributed by atoms with van der Waals surface area (Å²) in [4.78, 5) is 48.3. The van der Waals surface area contributed by atoms with E-state index in [1.165, 1.54) is 0 Å². The Bertz CT molecular complexity index is 1050. The van der Waals surface area contributed by atoms with Crippen molar-refractivity contribution in [2.75, 3.05) is 13.2 Å². The van der Waals surface area contributed by atoms with Gasteiger partial charge in [0.15, 0.2) is 0 Å². The molecule has 2 unspecified atom stereocenters. The number of hydrogen-bond donors (Lipinski definition) is 5. The van der Waals surface area contributed by atoms with Crippen LogP contribution in [0.3, 0.4) is 0 Å². The Morgan fingerprint density at radius 2 is 1.51 bits per heavy atom. The average molecular weight is 516 g/mol. The van der Waals surface area contributed by atoms with E-state index < -0.39 is 54.7 Å². The van der Waals surface area contributed by atoms with Gasteiger partial charge in [-0.25, -0.2) is 4.79 Å². The molecule has 0 spiro atoms. The minimum Gasteiger partial charge on any atom is -0.489 e. The number of rotatable bonds is 12. The van der Waals surface area contributed by atoms with Gasteiger partial charge < -0.3 is 35.6 Å². The number of aliphatic hydroxyl groups is 1. The average Bonchev–Trinajstić information content (AvgIpc) is 2.84. The number of amides is 3. The van der Waals surface area contributed by atoms with E-state index in [0.717, 1.165) is 5.56 Å². The van der Waals surface area contributed by atoms with Gasteiger partial charge in [0, 0.05) is 6.42 Å². The van der Waals surface area contributed by atoms with Crippen LogP contribution in [-0.2, 0) is 32.1 Å². The lowest BCUT2D eigenvalue weighted by Crippen LogP contribution is -2.56. The van der Waals surface area contributed by atoms with E-state index in [0.29, 0.717) is 17.9 Å². The lowest BCUT2D eigenvalue weighted by atomic mass is 10.0. The first-order chi connectivity index (χ1) is 17.5. The molecule has 11 heteroatoms. The minimum atomic E-state index is -1.39. The number of hydrogen-bond acceptors (Lipinski definition) is 7. The summed E-state index contributed by atoms with van der Waals surface area (Å²) in [6.07, 6.45) is -0.902. The highest BCUT2D eigenvalue weighted by atomic mass is 16.6. The Labute approximate surface area is 215 Å². The minimum absolute atomic E-state index is 0.0146. The molecular weight excluding hydrogens is 482 g/mol. The van der Waals surface area contributed by atoms with Crippen LogP contribution in [0.2, 0.25) is 0 Å². The molecule has 2 atom stereocenters. The summed E-state index contributed by atoms with van der Waals surface area (Å²) in [5.41, 5.74) is 0.836. The van der Waals surface area contributed by atoms with Crippen LogP contribution in [0.1, 0.15) is 31.9 Å². The number of carboxylic acids is 1. The van der Waals surface area contributed by atoms with Crippen molar-refractivity contribution >= 4 is 23.9 Å². The lowest BCUT2D eigenvalue weighted by molar-refractivity contribution is -0.138. The van der Waals surface area contributed by atoms with Crippen LogP contribution >= 0.6 is 0 Å². The van der Waals surface area contributed by atoms with Gasteiger partial charge in [0.1, 0.15) is 36.6 Å². The molecule has 0 saturated carbocycles. The van der Waals surface area contributed by atoms with Gasteiger partial charge in [-0.15, -0.1) is 0 Å². The fraction of sp³-hybridized carbons (Fsp3) is 0.385. The smallest absolute Gasteiger partial charge is 0.408 e. The fourth-order valence-corrected chi connectivity index (χ4v) is 3.11. The van der Waals surface area contributed by atoms with Crippen molar-refractivity contribution in [1.29, 1.82) is 0 Å². The molecule has 0 aliphatic heterocycles. The summed E-state index contributed by atoms with van der Waals surface area (Å²) in [6.45, 7) is 3.91. The fourth-order valence-electron chi connectivity index (χ4n) is 3.11. The third kappa shape index (κ3) is 11.0.